The molecule has 0 aromatic heterocycles. The van der Waals surface area contributed by atoms with E-state index in [1.807, 2.05) is 26.8 Å². The Morgan fingerprint density at radius 3 is 2.43 bits per heavy atom. The number of carboxylic acids is 1. The second-order valence-electron chi connectivity index (χ2n) is 15.1. The molecule has 1 aliphatic heterocycles. The summed E-state index contributed by atoms with van der Waals surface area (Å²) in [6.45, 7) is 12.3. The van der Waals surface area contributed by atoms with Gasteiger partial charge in [0.2, 0.25) is 5.91 Å². The molecule has 1 aromatic carbocycles. The molecule has 4 aliphatic carbocycles. The number of carbonyl (C=O) groups is 3. The van der Waals surface area contributed by atoms with E-state index >= 15 is 0 Å². The quantitative estimate of drug-likeness (QED) is 0.326. The van der Waals surface area contributed by atoms with Crippen molar-refractivity contribution in [1.82, 2.24) is 10.6 Å². The van der Waals surface area contributed by atoms with Crippen molar-refractivity contribution in [3.63, 3.8) is 0 Å². The van der Waals surface area contributed by atoms with Crippen molar-refractivity contribution in [2.24, 2.45) is 23.2 Å². The van der Waals surface area contributed by atoms with E-state index in [1.54, 1.807) is 6.07 Å². The lowest BCUT2D eigenvalue weighted by atomic mass is 9.43. The molecule has 3 N–H and O–H groups in total. The lowest BCUT2D eigenvalue weighted by Crippen LogP contribution is -2.65. The van der Waals surface area contributed by atoms with Crippen molar-refractivity contribution < 1.29 is 38.3 Å². The number of hydrogen-bond acceptors (Lipinski definition) is 7. The molecule has 5 atom stereocenters. The topological polar surface area (TPSA) is 132 Å². The third kappa shape index (κ3) is 6.59. The summed E-state index contributed by atoms with van der Waals surface area (Å²) in [5.41, 5.74) is -0.0730. The molecule has 4 saturated carbocycles. The van der Waals surface area contributed by atoms with Crippen molar-refractivity contribution in [2.75, 3.05) is 7.11 Å². The fourth-order valence-corrected chi connectivity index (χ4v) is 8.19. The number of ether oxygens (including phenoxy) is 2. The van der Waals surface area contributed by atoms with E-state index in [1.165, 1.54) is 13.2 Å². The number of aromatic carboxylic acids is 1. The first kappa shape index (κ1) is 32.6. The number of rotatable bonds is 9. The Hall–Kier alpha value is -2.79. The van der Waals surface area contributed by atoms with E-state index in [0.29, 0.717) is 30.2 Å². The summed E-state index contributed by atoms with van der Waals surface area (Å²) in [4.78, 5) is 37.6. The third-order valence-corrected chi connectivity index (χ3v) is 10.7. The molecule has 242 valence electrons. The Balaban J connectivity index is 1.26. The van der Waals surface area contributed by atoms with Gasteiger partial charge in [0.25, 0.3) is 0 Å². The van der Waals surface area contributed by atoms with Gasteiger partial charge in [0, 0.05) is 12.5 Å². The minimum atomic E-state index is -1.07. The van der Waals surface area contributed by atoms with Crippen LogP contribution >= 0.6 is 0 Å². The van der Waals surface area contributed by atoms with Crippen LogP contribution in [0.1, 0.15) is 102 Å². The normalized spacial score (nSPS) is 31.2. The molecule has 44 heavy (non-hydrogen) atoms. The van der Waals surface area contributed by atoms with Crippen molar-refractivity contribution in [3.05, 3.63) is 29.3 Å². The predicted octanol–water partition coefficient (Wildman–Crippen LogP) is 5.16. The highest BCUT2D eigenvalue weighted by molar-refractivity contribution is 6.48. The molecule has 10 nitrogen and oxygen atoms in total. The maximum atomic E-state index is 13.5. The highest BCUT2D eigenvalue weighted by atomic mass is 16.7. The van der Waals surface area contributed by atoms with Crippen LogP contribution in [0.4, 0.5) is 4.79 Å². The minimum absolute atomic E-state index is 0.0331. The molecule has 0 spiro atoms. The molecule has 11 heteroatoms. The molecule has 1 saturated heterocycles. The van der Waals surface area contributed by atoms with Crippen LogP contribution in [-0.4, -0.2) is 66.6 Å². The molecule has 6 rings (SSSR count). The SMILES string of the molecule is COc1c(C[C@H](NC(=O)C[C@H]2CC[C@@H](NC(=O)OC(C)(C)C)CC2)B2OC3CC4CC(C4(C)C)C3(C)O2)cccc1C(=O)O. The van der Waals surface area contributed by atoms with E-state index in [9.17, 15) is 19.5 Å². The Kier molecular flexibility index (Phi) is 9.04. The summed E-state index contributed by atoms with van der Waals surface area (Å²) in [5, 5.41) is 15.9. The monoisotopic (exact) mass is 612 g/mol. The Morgan fingerprint density at radius 1 is 1.11 bits per heavy atom. The van der Waals surface area contributed by atoms with Crippen molar-refractivity contribution in [2.45, 2.75) is 122 Å². The molecule has 4 unspecified atom stereocenters. The summed E-state index contributed by atoms with van der Waals surface area (Å²) >= 11 is 0. The van der Waals surface area contributed by atoms with Crippen LogP contribution in [-0.2, 0) is 25.3 Å². The largest absolute Gasteiger partial charge is 0.496 e. The van der Waals surface area contributed by atoms with Crippen LogP contribution in [0.15, 0.2) is 18.2 Å². The van der Waals surface area contributed by atoms with Crippen LogP contribution in [0.25, 0.3) is 0 Å². The predicted molar refractivity (Wildman–Crippen MR) is 165 cm³/mol. The zero-order chi connectivity index (χ0) is 32.0. The highest BCUT2D eigenvalue weighted by Crippen LogP contribution is 2.65. The smallest absolute Gasteiger partial charge is 0.482 e. The lowest BCUT2D eigenvalue weighted by molar-refractivity contribution is -0.199. The second-order valence-corrected chi connectivity index (χ2v) is 15.1. The van der Waals surface area contributed by atoms with Crippen LogP contribution in [0.3, 0.4) is 0 Å². The fraction of sp³-hybridized carbons (Fsp3) is 0.727. The molecular weight excluding hydrogens is 563 g/mol. The molecule has 5 fully saturated rings. The summed E-state index contributed by atoms with van der Waals surface area (Å²) < 4.78 is 24.3. The van der Waals surface area contributed by atoms with Gasteiger partial charge in [-0.25, -0.2) is 9.59 Å². The zero-order valence-corrected chi connectivity index (χ0v) is 27.2. The number of carboxylic acid groups (broad SMARTS) is 1. The first-order chi connectivity index (χ1) is 20.6. The van der Waals surface area contributed by atoms with Crippen molar-refractivity contribution in [3.8, 4) is 5.75 Å². The molecule has 2 amide bonds. The highest BCUT2D eigenvalue weighted by Gasteiger charge is 2.68. The van der Waals surface area contributed by atoms with Gasteiger partial charge in [0.15, 0.2) is 0 Å². The minimum Gasteiger partial charge on any atom is -0.496 e. The van der Waals surface area contributed by atoms with Crippen molar-refractivity contribution in [1.29, 1.82) is 0 Å². The third-order valence-electron chi connectivity index (χ3n) is 10.7. The van der Waals surface area contributed by atoms with E-state index in [0.717, 1.165) is 38.5 Å². The number of alkyl carbamates (subject to hydrolysis) is 1. The number of methoxy groups -OCH3 is 1. The van der Waals surface area contributed by atoms with Gasteiger partial charge < -0.3 is 34.5 Å². The van der Waals surface area contributed by atoms with E-state index in [2.05, 4.69) is 31.4 Å². The van der Waals surface area contributed by atoms with Crippen LogP contribution in [0, 0.1) is 23.2 Å². The van der Waals surface area contributed by atoms with Gasteiger partial charge in [0.05, 0.1) is 24.8 Å². The zero-order valence-electron chi connectivity index (χ0n) is 27.2. The number of nitrogens with one attached hydrogen (secondary N) is 2. The van der Waals surface area contributed by atoms with Gasteiger partial charge in [0.1, 0.15) is 16.9 Å². The lowest BCUT2D eigenvalue weighted by Gasteiger charge is -2.64. The Bertz CT molecular complexity index is 1260. The summed E-state index contributed by atoms with van der Waals surface area (Å²) in [5.74, 6) is -0.273. The average Bonchev–Trinajstić information content (AvgIpc) is 3.29. The molecule has 5 aliphatic rings. The molecule has 1 heterocycles. The van der Waals surface area contributed by atoms with Gasteiger partial charge in [-0.2, -0.15) is 0 Å². The second kappa shape index (κ2) is 12.2. The number of amides is 2. The van der Waals surface area contributed by atoms with Crippen molar-refractivity contribution >= 4 is 25.1 Å². The van der Waals surface area contributed by atoms with Crippen LogP contribution < -0.4 is 15.4 Å². The maximum absolute atomic E-state index is 13.5. The number of benzene rings is 1. The van der Waals surface area contributed by atoms with Gasteiger partial charge >= 0.3 is 19.2 Å². The van der Waals surface area contributed by atoms with E-state index in [4.69, 9.17) is 18.8 Å². The summed E-state index contributed by atoms with van der Waals surface area (Å²) in [6.07, 6.45) is 5.45. The number of carbonyl (C=O) groups excluding carboxylic acids is 2. The van der Waals surface area contributed by atoms with Gasteiger partial charge in [-0.05, 0) is 107 Å². The number of para-hydroxylation sites is 1. The molecule has 0 radical (unpaired) electrons. The molecule has 1 aromatic rings. The van der Waals surface area contributed by atoms with Gasteiger partial charge in [-0.3, -0.25) is 4.79 Å². The standard InChI is InChI=1S/C33H49BN2O8/c1-31(2,3)42-30(40)35-22-13-11-19(12-14-22)15-27(37)36-26(16-20-9-8-10-23(29(38)39)28(20)41-7)34-43-25-18-21-17-24(32(21,4)5)33(25,6)44-34/h8-10,19,21-22,24-26H,11-18H2,1-7H3,(H,35,40)(H,36,37)(H,38,39)/t19-,21?,22+,24?,25?,26-,33?/m0/s1. The summed E-state index contributed by atoms with van der Waals surface area (Å²) in [6, 6.07) is 5.07. The average molecular weight is 613 g/mol. The van der Waals surface area contributed by atoms with Crippen LogP contribution in [0.5, 0.6) is 5.75 Å². The van der Waals surface area contributed by atoms with Gasteiger partial charge in [-0.1, -0.05) is 26.0 Å². The maximum Gasteiger partial charge on any atom is 0.482 e. The van der Waals surface area contributed by atoms with E-state index < -0.39 is 36.3 Å². The fourth-order valence-electron chi connectivity index (χ4n) is 8.19. The Morgan fingerprint density at radius 2 is 1.82 bits per heavy atom. The molecular formula is C33H49BN2O8. The van der Waals surface area contributed by atoms with Gasteiger partial charge in [-0.15, -0.1) is 0 Å². The first-order valence-electron chi connectivity index (χ1n) is 16.1. The Labute approximate surface area is 261 Å². The summed E-state index contributed by atoms with van der Waals surface area (Å²) in [7, 11) is 0.788. The van der Waals surface area contributed by atoms with E-state index in [-0.39, 0.29) is 40.7 Å². The first-order valence-corrected chi connectivity index (χ1v) is 16.1. The van der Waals surface area contributed by atoms with Crippen LogP contribution in [0.2, 0.25) is 0 Å². The number of hydrogen-bond donors (Lipinski definition) is 3. The molecule has 2 bridgehead atoms.